The highest BCUT2D eigenvalue weighted by Gasteiger charge is 2.15. The zero-order valence-corrected chi connectivity index (χ0v) is 10.7. The van der Waals surface area contributed by atoms with Gasteiger partial charge in [-0.3, -0.25) is 5.32 Å². The summed E-state index contributed by atoms with van der Waals surface area (Å²) in [6.45, 7) is 2.42. The Kier molecular flexibility index (Phi) is 4.76. The largest absolute Gasteiger partial charge is 0.449 e. The molecule has 0 saturated carbocycles. The van der Waals surface area contributed by atoms with Crippen LogP contribution in [0.3, 0.4) is 0 Å². The third-order valence-corrected chi connectivity index (χ3v) is 3.15. The van der Waals surface area contributed by atoms with E-state index in [4.69, 9.17) is 10.00 Å². The summed E-state index contributed by atoms with van der Waals surface area (Å²) in [5.74, 6) is 0.442. The molecule has 1 amide bonds. The zero-order chi connectivity index (χ0) is 13.5. The lowest BCUT2D eigenvalue weighted by molar-refractivity contribution is 0.131. The van der Waals surface area contributed by atoms with Crippen molar-refractivity contribution in [3.05, 3.63) is 29.8 Å². The smallest absolute Gasteiger partial charge is 0.411 e. The van der Waals surface area contributed by atoms with Gasteiger partial charge in [-0.1, -0.05) is 6.07 Å². The second-order valence-electron chi connectivity index (χ2n) is 4.61. The lowest BCUT2D eigenvalue weighted by Crippen LogP contribution is -2.31. The van der Waals surface area contributed by atoms with Crippen molar-refractivity contribution in [1.29, 1.82) is 5.26 Å². The van der Waals surface area contributed by atoms with E-state index < -0.39 is 6.09 Å². The molecule has 1 fully saturated rings. The molecule has 0 bridgehead atoms. The van der Waals surface area contributed by atoms with E-state index in [1.54, 1.807) is 24.3 Å². The molecule has 1 aromatic rings. The summed E-state index contributed by atoms with van der Waals surface area (Å²) in [5.41, 5.74) is 1.09. The van der Waals surface area contributed by atoms with Crippen LogP contribution in [0.5, 0.6) is 0 Å². The van der Waals surface area contributed by atoms with Crippen molar-refractivity contribution in [1.82, 2.24) is 5.32 Å². The third kappa shape index (κ3) is 4.27. The number of benzene rings is 1. The molecule has 1 aliphatic heterocycles. The summed E-state index contributed by atoms with van der Waals surface area (Å²) in [6, 6.07) is 8.78. The summed E-state index contributed by atoms with van der Waals surface area (Å²) in [6.07, 6.45) is 1.61. The number of rotatable bonds is 3. The first-order valence-corrected chi connectivity index (χ1v) is 6.42. The van der Waals surface area contributed by atoms with Gasteiger partial charge in [0.1, 0.15) is 0 Å². The second-order valence-corrected chi connectivity index (χ2v) is 4.61. The minimum atomic E-state index is -0.464. The van der Waals surface area contributed by atoms with Crippen LogP contribution in [-0.4, -0.2) is 25.8 Å². The number of nitrogens with one attached hydrogen (secondary N) is 2. The maximum Gasteiger partial charge on any atom is 0.411 e. The maximum atomic E-state index is 11.6. The molecule has 0 aliphatic carbocycles. The predicted octanol–water partition coefficient (Wildman–Crippen LogP) is 2.11. The first kappa shape index (κ1) is 13.4. The van der Waals surface area contributed by atoms with Gasteiger partial charge in [0.05, 0.1) is 18.2 Å². The Morgan fingerprint density at radius 2 is 2.26 bits per heavy atom. The second kappa shape index (κ2) is 6.76. The van der Waals surface area contributed by atoms with Crippen LogP contribution in [0.2, 0.25) is 0 Å². The van der Waals surface area contributed by atoms with Crippen LogP contribution in [0.4, 0.5) is 10.5 Å². The Hall–Kier alpha value is -2.06. The van der Waals surface area contributed by atoms with Crippen molar-refractivity contribution in [2.24, 2.45) is 5.92 Å². The van der Waals surface area contributed by atoms with Crippen LogP contribution in [0.15, 0.2) is 24.3 Å². The van der Waals surface area contributed by atoms with Gasteiger partial charge in [-0.25, -0.2) is 4.79 Å². The molecule has 0 atom stereocenters. The lowest BCUT2D eigenvalue weighted by Gasteiger charge is -2.22. The summed E-state index contributed by atoms with van der Waals surface area (Å²) in [4.78, 5) is 11.6. The fourth-order valence-corrected chi connectivity index (χ4v) is 2.06. The normalized spacial score (nSPS) is 15.5. The van der Waals surface area contributed by atoms with E-state index in [1.165, 1.54) is 0 Å². The summed E-state index contributed by atoms with van der Waals surface area (Å²) >= 11 is 0. The molecule has 0 aromatic heterocycles. The Morgan fingerprint density at radius 1 is 1.47 bits per heavy atom. The van der Waals surface area contributed by atoms with Gasteiger partial charge in [0, 0.05) is 5.69 Å². The molecule has 5 heteroatoms. The standard InChI is InChI=1S/C14H17N3O2/c15-9-12-2-1-3-13(8-12)17-14(18)19-10-11-4-6-16-7-5-11/h1-3,8,11,16H,4-7,10H2,(H,17,18). The number of ether oxygens (including phenoxy) is 1. The highest BCUT2D eigenvalue weighted by atomic mass is 16.5. The highest BCUT2D eigenvalue weighted by molar-refractivity contribution is 5.84. The molecule has 1 saturated heterocycles. The van der Waals surface area contributed by atoms with E-state index in [0.29, 0.717) is 23.8 Å². The van der Waals surface area contributed by atoms with Gasteiger partial charge >= 0.3 is 6.09 Å². The number of piperidine rings is 1. The van der Waals surface area contributed by atoms with E-state index in [2.05, 4.69) is 10.6 Å². The Balaban J connectivity index is 1.78. The van der Waals surface area contributed by atoms with Gasteiger partial charge < -0.3 is 10.1 Å². The highest BCUT2D eigenvalue weighted by Crippen LogP contribution is 2.13. The van der Waals surface area contributed by atoms with Crippen LogP contribution in [0.1, 0.15) is 18.4 Å². The third-order valence-electron chi connectivity index (χ3n) is 3.15. The molecule has 2 N–H and O–H groups in total. The molecule has 0 spiro atoms. The maximum absolute atomic E-state index is 11.6. The number of anilines is 1. The number of carbonyl (C=O) groups excluding carboxylic acids is 1. The molecule has 1 aliphatic rings. The first-order valence-electron chi connectivity index (χ1n) is 6.42. The van der Waals surface area contributed by atoms with Crippen LogP contribution >= 0.6 is 0 Å². The molecule has 19 heavy (non-hydrogen) atoms. The van der Waals surface area contributed by atoms with Gasteiger partial charge in [0.25, 0.3) is 0 Å². The number of hydrogen-bond acceptors (Lipinski definition) is 4. The number of hydrogen-bond donors (Lipinski definition) is 2. The molecule has 1 heterocycles. The van der Waals surface area contributed by atoms with E-state index >= 15 is 0 Å². The van der Waals surface area contributed by atoms with Crippen LogP contribution < -0.4 is 10.6 Å². The average Bonchev–Trinajstić information content (AvgIpc) is 2.46. The number of amides is 1. The average molecular weight is 259 g/mol. The summed E-state index contributed by atoms with van der Waals surface area (Å²) < 4.78 is 5.20. The molecule has 1 aromatic carbocycles. The van der Waals surface area contributed by atoms with Gasteiger partial charge in [-0.2, -0.15) is 5.26 Å². The monoisotopic (exact) mass is 259 g/mol. The van der Waals surface area contributed by atoms with E-state index in [9.17, 15) is 4.79 Å². The van der Waals surface area contributed by atoms with Crippen molar-refractivity contribution in [3.8, 4) is 6.07 Å². The summed E-state index contributed by atoms with van der Waals surface area (Å²) in [7, 11) is 0. The van der Waals surface area contributed by atoms with Gasteiger partial charge in [-0.15, -0.1) is 0 Å². The summed E-state index contributed by atoms with van der Waals surface area (Å²) in [5, 5.41) is 14.7. The SMILES string of the molecule is N#Cc1cccc(NC(=O)OCC2CCNCC2)c1. The zero-order valence-electron chi connectivity index (χ0n) is 10.7. The van der Waals surface area contributed by atoms with E-state index in [0.717, 1.165) is 25.9 Å². The number of nitrogens with zero attached hydrogens (tertiary/aromatic N) is 1. The Morgan fingerprint density at radius 3 is 3.00 bits per heavy atom. The molecule has 0 unspecified atom stereocenters. The molecule has 0 radical (unpaired) electrons. The number of carbonyl (C=O) groups is 1. The predicted molar refractivity (Wildman–Crippen MR) is 71.7 cm³/mol. The fraction of sp³-hybridized carbons (Fsp3) is 0.429. The minimum absolute atomic E-state index is 0.442. The van der Waals surface area contributed by atoms with E-state index in [1.807, 2.05) is 6.07 Å². The van der Waals surface area contributed by atoms with Crippen LogP contribution in [-0.2, 0) is 4.74 Å². The fourth-order valence-electron chi connectivity index (χ4n) is 2.06. The van der Waals surface area contributed by atoms with Crippen molar-refractivity contribution in [2.75, 3.05) is 25.0 Å². The lowest BCUT2D eigenvalue weighted by atomic mass is 9.99. The van der Waals surface area contributed by atoms with E-state index in [-0.39, 0.29) is 0 Å². The van der Waals surface area contributed by atoms with Gasteiger partial charge in [0.15, 0.2) is 0 Å². The van der Waals surface area contributed by atoms with Crippen molar-refractivity contribution in [3.63, 3.8) is 0 Å². The van der Waals surface area contributed by atoms with Crippen LogP contribution in [0.25, 0.3) is 0 Å². The molecule has 100 valence electrons. The van der Waals surface area contributed by atoms with Crippen molar-refractivity contribution >= 4 is 11.8 Å². The first-order chi connectivity index (χ1) is 9.28. The topological polar surface area (TPSA) is 74.2 Å². The number of nitriles is 1. The van der Waals surface area contributed by atoms with Gasteiger partial charge in [0.2, 0.25) is 0 Å². The molecule has 5 nitrogen and oxygen atoms in total. The Labute approximate surface area is 112 Å². The molecule has 2 rings (SSSR count). The van der Waals surface area contributed by atoms with Gasteiger partial charge in [-0.05, 0) is 50.0 Å². The van der Waals surface area contributed by atoms with Crippen molar-refractivity contribution < 1.29 is 9.53 Å². The minimum Gasteiger partial charge on any atom is -0.449 e. The Bertz CT molecular complexity index is 476. The molecular weight excluding hydrogens is 242 g/mol. The molecular formula is C14H17N3O2. The van der Waals surface area contributed by atoms with Crippen molar-refractivity contribution in [2.45, 2.75) is 12.8 Å². The quantitative estimate of drug-likeness (QED) is 0.871. The van der Waals surface area contributed by atoms with Crippen LogP contribution in [0, 0.1) is 17.2 Å².